The van der Waals surface area contributed by atoms with Gasteiger partial charge < -0.3 is 10.1 Å². The van der Waals surface area contributed by atoms with Gasteiger partial charge in [0.15, 0.2) is 0 Å². The van der Waals surface area contributed by atoms with Gasteiger partial charge in [0.1, 0.15) is 0 Å². The van der Waals surface area contributed by atoms with Crippen LogP contribution in [0.2, 0.25) is 0 Å². The molecule has 0 saturated carbocycles. The molecule has 0 radical (unpaired) electrons. The van der Waals surface area contributed by atoms with E-state index in [2.05, 4.69) is 50.4 Å². The van der Waals surface area contributed by atoms with Crippen LogP contribution in [0.1, 0.15) is 33.8 Å². The molecule has 1 atom stereocenters. The van der Waals surface area contributed by atoms with Crippen LogP contribution in [0.4, 0.5) is 5.69 Å². The maximum absolute atomic E-state index is 5.25. The summed E-state index contributed by atoms with van der Waals surface area (Å²) in [5.41, 5.74) is 3.73. The number of hydrogen-bond acceptors (Lipinski definition) is 3. The minimum Gasteiger partial charge on any atom is -0.380 e. The lowest BCUT2D eigenvalue weighted by Crippen LogP contribution is -2.08. The lowest BCUT2D eigenvalue weighted by atomic mass is 10.1. The van der Waals surface area contributed by atoms with E-state index in [1.54, 1.807) is 7.11 Å². The van der Waals surface area contributed by atoms with Gasteiger partial charge in [0, 0.05) is 34.2 Å². The number of anilines is 1. The Kier molecular flexibility index (Phi) is 4.61. The molecule has 0 aliphatic rings. The first-order valence-corrected chi connectivity index (χ1v) is 7.33. The highest BCUT2D eigenvalue weighted by Crippen LogP contribution is 2.29. The lowest BCUT2D eigenvalue weighted by molar-refractivity contribution is 0.185. The van der Waals surface area contributed by atoms with E-state index in [1.807, 2.05) is 17.4 Å². The fourth-order valence-corrected chi connectivity index (χ4v) is 3.36. The summed E-state index contributed by atoms with van der Waals surface area (Å²) >= 11 is 1.86. The molecule has 1 unspecified atom stereocenters. The summed E-state index contributed by atoms with van der Waals surface area (Å²) in [7, 11) is 1.73. The summed E-state index contributed by atoms with van der Waals surface area (Å²) in [5, 5.41) is 3.59. The molecule has 1 N–H and O–H groups in total. The highest BCUT2D eigenvalue weighted by atomic mass is 32.1. The molecule has 0 bridgehead atoms. The van der Waals surface area contributed by atoms with Gasteiger partial charge in [-0.05, 0) is 38.5 Å². The highest BCUT2D eigenvalue weighted by Gasteiger charge is 2.12. The second kappa shape index (κ2) is 6.22. The van der Waals surface area contributed by atoms with Crippen molar-refractivity contribution in [2.24, 2.45) is 0 Å². The molecule has 0 aliphatic carbocycles. The van der Waals surface area contributed by atoms with Crippen molar-refractivity contribution in [1.82, 2.24) is 0 Å². The molecule has 102 valence electrons. The van der Waals surface area contributed by atoms with Crippen molar-refractivity contribution in [3.05, 3.63) is 51.2 Å². The average molecular weight is 275 g/mol. The number of nitrogens with one attached hydrogen (secondary N) is 1. The van der Waals surface area contributed by atoms with Crippen LogP contribution in [0.25, 0.3) is 0 Å². The van der Waals surface area contributed by atoms with E-state index in [1.165, 1.54) is 20.9 Å². The number of benzene rings is 1. The Morgan fingerprint density at radius 3 is 2.63 bits per heavy atom. The Bertz CT molecular complexity index is 547. The summed E-state index contributed by atoms with van der Waals surface area (Å²) in [4.78, 5) is 2.76. The highest BCUT2D eigenvalue weighted by molar-refractivity contribution is 7.12. The first kappa shape index (κ1) is 14.1. The van der Waals surface area contributed by atoms with Crippen molar-refractivity contribution in [2.45, 2.75) is 33.4 Å². The third kappa shape index (κ3) is 3.37. The van der Waals surface area contributed by atoms with Crippen molar-refractivity contribution in [1.29, 1.82) is 0 Å². The lowest BCUT2D eigenvalue weighted by Gasteiger charge is -2.18. The zero-order chi connectivity index (χ0) is 13.8. The summed E-state index contributed by atoms with van der Waals surface area (Å²) in [6, 6.07) is 10.9. The molecule has 0 amide bonds. The van der Waals surface area contributed by atoms with Crippen LogP contribution in [-0.2, 0) is 11.3 Å². The SMILES string of the molecule is COCc1ccccc1NC(C)c1cc(C)sc1C. The quantitative estimate of drug-likeness (QED) is 0.855. The Balaban J connectivity index is 2.19. The number of hydrogen-bond donors (Lipinski definition) is 1. The van der Waals surface area contributed by atoms with E-state index >= 15 is 0 Å². The van der Waals surface area contributed by atoms with Gasteiger partial charge in [-0.3, -0.25) is 0 Å². The first-order valence-electron chi connectivity index (χ1n) is 6.52. The van der Waals surface area contributed by atoms with E-state index in [9.17, 15) is 0 Å². The zero-order valence-corrected chi connectivity index (χ0v) is 12.8. The summed E-state index contributed by atoms with van der Waals surface area (Å²) in [5.74, 6) is 0. The average Bonchev–Trinajstić information content (AvgIpc) is 2.71. The van der Waals surface area contributed by atoms with Crippen LogP contribution in [0.3, 0.4) is 0 Å². The van der Waals surface area contributed by atoms with Gasteiger partial charge in [-0.25, -0.2) is 0 Å². The van der Waals surface area contributed by atoms with Crippen LogP contribution in [0, 0.1) is 13.8 Å². The molecule has 2 aromatic rings. The molecular formula is C16H21NOS. The molecule has 2 rings (SSSR count). The van der Waals surface area contributed by atoms with Crippen LogP contribution in [0.5, 0.6) is 0 Å². The number of ether oxygens (including phenoxy) is 1. The molecule has 0 saturated heterocycles. The third-order valence-corrected chi connectivity index (χ3v) is 4.22. The minimum absolute atomic E-state index is 0.308. The number of thiophene rings is 1. The molecule has 0 fully saturated rings. The maximum atomic E-state index is 5.25. The van der Waals surface area contributed by atoms with Gasteiger partial charge in [-0.2, -0.15) is 0 Å². The molecule has 1 heterocycles. The minimum atomic E-state index is 0.308. The van der Waals surface area contributed by atoms with Crippen molar-refractivity contribution < 1.29 is 4.74 Å². The Labute approximate surface area is 119 Å². The molecule has 1 aromatic carbocycles. The number of para-hydroxylation sites is 1. The van der Waals surface area contributed by atoms with Crippen LogP contribution >= 0.6 is 11.3 Å². The normalized spacial score (nSPS) is 12.4. The number of methoxy groups -OCH3 is 1. The number of rotatable bonds is 5. The van der Waals surface area contributed by atoms with Gasteiger partial charge in [0.25, 0.3) is 0 Å². The van der Waals surface area contributed by atoms with Gasteiger partial charge in [-0.15, -0.1) is 11.3 Å². The Morgan fingerprint density at radius 2 is 2.00 bits per heavy atom. The van der Waals surface area contributed by atoms with E-state index in [0.717, 1.165) is 5.69 Å². The van der Waals surface area contributed by atoms with Gasteiger partial charge in [-0.1, -0.05) is 18.2 Å². The molecule has 2 nitrogen and oxygen atoms in total. The standard InChI is InChI=1S/C16H21NOS/c1-11-9-15(13(3)19-11)12(2)17-16-8-6-5-7-14(16)10-18-4/h5-9,12,17H,10H2,1-4H3. The van der Waals surface area contributed by atoms with Gasteiger partial charge in [0.05, 0.1) is 6.61 Å². The molecule has 0 aliphatic heterocycles. The summed E-state index contributed by atoms with van der Waals surface area (Å²) in [6.07, 6.45) is 0. The second-order valence-corrected chi connectivity index (χ2v) is 6.29. The van der Waals surface area contributed by atoms with Crippen LogP contribution in [-0.4, -0.2) is 7.11 Å². The Hall–Kier alpha value is -1.32. The zero-order valence-electron chi connectivity index (χ0n) is 12.0. The molecule has 19 heavy (non-hydrogen) atoms. The van der Waals surface area contributed by atoms with E-state index in [-0.39, 0.29) is 0 Å². The Morgan fingerprint density at radius 1 is 1.26 bits per heavy atom. The van der Waals surface area contributed by atoms with Crippen LogP contribution < -0.4 is 5.32 Å². The van der Waals surface area contributed by atoms with Crippen molar-refractivity contribution in [3.63, 3.8) is 0 Å². The van der Waals surface area contributed by atoms with E-state index in [4.69, 9.17) is 4.74 Å². The third-order valence-electron chi connectivity index (χ3n) is 3.24. The summed E-state index contributed by atoms with van der Waals surface area (Å²) < 4.78 is 5.25. The van der Waals surface area contributed by atoms with Crippen molar-refractivity contribution in [2.75, 3.05) is 12.4 Å². The fraction of sp³-hybridized carbons (Fsp3) is 0.375. The van der Waals surface area contributed by atoms with Crippen molar-refractivity contribution >= 4 is 17.0 Å². The molecule has 0 spiro atoms. The molecular weight excluding hydrogens is 254 g/mol. The largest absolute Gasteiger partial charge is 0.380 e. The predicted octanol–water partition coefficient (Wildman–Crippen LogP) is 4.68. The predicted molar refractivity (Wildman–Crippen MR) is 83.0 cm³/mol. The van der Waals surface area contributed by atoms with Gasteiger partial charge >= 0.3 is 0 Å². The monoisotopic (exact) mass is 275 g/mol. The topological polar surface area (TPSA) is 21.3 Å². The van der Waals surface area contributed by atoms with Crippen LogP contribution in [0.15, 0.2) is 30.3 Å². The first-order chi connectivity index (χ1) is 9.11. The summed E-state index contributed by atoms with van der Waals surface area (Å²) in [6.45, 7) is 7.19. The fourth-order valence-electron chi connectivity index (χ4n) is 2.33. The van der Waals surface area contributed by atoms with E-state index < -0.39 is 0 Å². The van der Waals surface area contributed by atoms with Crippen molar-refractivity contribution in [3.8, 4) is 0 Å². The maximum Gasteiger partial charge on any atom is 0.0733 e. The molecule has 3 heteroatoms. The molecule has 1 aromatic heterocycles. The smallest absolute Gasteiger partial charge is 0.0733 e. The van der Waals surface area contributed by atoms with Gasteiger partial charge in [0.2, 0.25) is 0 Å². The second-order valence-electron chi connectivity index (χ2n) is 4.82. The van der Waals surface area contributed by atoms with E-state index in [0.29, 0.717) is 12.6 Å². The number of aryl methyl sites for hydroxylation is 2.